The van der Waals surface area contributed by atoms with E-state index in [1.165, 1.54) is 70.6 Å². The molecule has 0 N–H and O–H groups in total. The molecule has 0 bridgehead atoms. The normalized spacial score (nSPS) is 14.5. The molecule has 0 heterocycles. The van der Waals surface area contributed by atoms with Gasteiger partial charge in [-0.1, -0.05) is 71.1 Å². The van der Waals surface area contributed by atoms with Gasteiger partial charge in [0, 0.05) is 6.10 Å². The first-order chi connectivity index (χ1) is 15.6. The zero-order valence-corrected chi connectivity index (χ0v) is 28.4. The van der Waals surface area contributed by atoms with Crippen LogP contribution < -0.4 is 0 Å². The minimum atomic E-state index is -3.45. The molecule has 9 heteroatoms. The van der Waals surface area contributed by atoms with Crippen LogP contribution in [-0.2, 0) is 21.9 Å². The molecule has 0 amide bonds. The highest BCUT2D eigenvalue weighted by Gasteiger charge is 2.38. The lowest BCUT2D eigenvalue weighted by Gasteiger charge is -2.29. The summed E-state index contributed by atoms with van der Waals surface area (Å²) < 4.78 is 36.8. The Morgan fingerprint density at radius 1 is 0.588 bits per heavy atom. The van der Waals surface area contributed by atoms with Crippen LogP contribution in [0.25, 0.3) is 0 Å². The van der Waals surface area contributed by atoms with Crippen LogP contribution in [-0.4, -0.2) is 37.7 Å². The molecule has 0 aromatic heterocycles. The maximum Gasteiger partial charge on any atom is 0.455 e. The van der Waals surface area contributed by atoms with Crippen molar-refractivity contribution in [3.8, 4) is 0 Å². The van der Waals surface area contributed by atoms with E-state index in [4.69, 9.17) is 17.4 Å². The summed E-state index contributed by atoms with van der Waals surface area (Å²) in [5.74, 6) is 0. The van der Waals surface area contributed by atoms with E-state index in [1.807, 2.05) is 39.3 Å². The van der Waals surface area contributed by atoms with Crippen molar-refractivity contribution in [1.29, 1.82) is 0 Å². The van der Waals surface area contributed by atoms with E-state index in [1.54, 1.807) is 0 Å². The Balaban J connectivity index is 3.92. The van der Waals surface area contributed by atoms with Crippen LogP contribution in [0.4, 0.5) is 0 Å². The highest BCUT2D eigenvalue weighted by atomic mass is 31.2. The predicted molar refractivity (Wildman–Crippen MR) is 156 cm³/mol. The van der Waals surface area contributed by atoms with Gasteiger partial charge < -0.3 is 12.9 Å². The third kappa shape index (κ3) is 23.1. The molecule has 0 radical (unpaired) electrons. The molecule has 206 valence electrons. The van der Waals surface area contributed by atoms with Crippen LogP contribution in [0.2, 0.25) is 58.9 Å². The molecule has 0 spiro atoms. The Morgan fingerprint density at radius 2 is 1.00 bits per heavy atom. The quantitative estimate of drug-likeness (QED) is 0.0757. The van der Waals surface area contributed by atoms with Gasteiger partial charge in [0.25, 0.3) is 0 Å². The molecule has 0 aliphatic heterocycles. The average Bonchev–Trinajstić information content (AvgIpc) is 2.62. The summed E-state index contributed by atoms with van der Waals surface area (Å²) in [6, 6.07) is 0. The van der Waals surface area contributed by atoms with E-state index < -0.39 is 32.8 Å². The van der Waals surface area contributed by atoms with Gasteiger partial charge in [-0.25, -0.2) is 4.57 Å². The second-order valence-corrected chi connectivity index (χ2v) is 28.2. The van der Waals surface area contributed by atoms with E-state index in [2.05, 4.69) is 26.6 Å². The Labute approximate surface area is 216 Å². The van der Waals surface area contributed by atoms with Crippen LogP contribution in [0.1, 0.15) is 90.4 Å². The zero-order valence-electron chi connectivity index (χ0n) is 24.5. The van der Waals surface area contributed by atoms with Crippen molar-refractivity contribution >= 4 is 32.8 Å². The molecule has 5 nitrogen and oxygen atoms in total. The van der Waals surface area contributed by atoms with Gasteiger partial charge in [0.1, 0.15) is 0 Å². The number of hydrogen-bond donors (Lipinski definition) is 0. The fourth-order valence-electron chi connectivity index (χ4n) is 3.82. The van der Waals surface area contributed by atoms with Crippen molar-refractivity contribution in [3.63, 3.8) is 0 Å². The molecule has 0 aromatic rings. The van der Waals surface area contributed by atoms with Gasteiger partial charge in [-0.05, 0) is 78.2 Å². The highest BCUT2D eigenvalue weighted by molar-refractivity contribution is 7.52. The summed E-state index contributed by atoms with van der Waals surface area (Å²) in [6.07, 6.45) is 16.6. The lowest BCUT2D eigenvalue weighted by atomic mass is 10.0. The Bertz CT molecular complexity index is 536. The van der Waals surface area contributed by atoms with Gasteiger partial charge in [-0.2, -0.15) is 0 Å². The summed E-state index contributed by atoms with van der Waals surface area (Å²) in [7, 11) is -8.91. The van der Waals surface area contributed by atoms with Gasteiger partial charge in [-0.15, -0.1) is 0 Å². The third-order valence-corrected chi connectivity index (χ3v) is 12.8. The molecule has 1 atom stereocenters. The van der Waals surface area contributed by atoms with Crippen LogP contribution >= 0.6 is 7.82 Å². The van der Waals surface area contributed by atoms with Gasteiger partial charge >= 0.3 is 7.82 Å². The van der Waals surface area contributed by atoms with E-state index in [9.17, 15) is 4.57 Å². The molecule has 0 aliphatic carbocycles. The van der Waals surface area contributed by atoms with Crippen molar-refractivity contribution in [2.24, 2.45) is 0 Å². The number of unbranched alkanes of at least 4 members (excludes halogenated alkanes) is 9. The van der Waals surface area contributed by atoms with Crippen LogP contribution in [0, 0.1) is 0 Å². The molecule has 0 fully saturated rings. The van der Waals surface area contributed by atoms with Crippen molar-refractivity contribution in [2.45, 2.75) is 155 Å². The molecule has 0 saturated heterocycles. The first-order valence-electron chi connectivity index (χ1n) is 13.9. The highest BCUT2D eigenvalue weighted by Crippen LogP contribution is 2.54. The topological polar surface area (TPSA) is 54.0 Å². The lowest BCUT2D eigenvalue weighted by molar-refractivity contribution is 0.166. The van der Waals surface area contributed by atoms with Gasteiger partial charge in [0.15, 0.2) is 25.0 Å². The minimum absolute atomic E-state index is 0.449. The van der Waals surface area contributed by atoms with E-state index in [0.717, 1.165) is 12.8 Å². The number of rotatable bonds is 22. The summed E-state index contributed by atoms with van der Waals surface area (Å²) in [5.41, 5.74) is 0. The standard InChI is InChI=1S/C25H59O5PSi3/c1-11-12-22-25(28-32(2,3)4)23-20-18-16-14-13-15-17-19-21-24-27-31(26,29-33(5,6)7)30-34(8,9)10/h25H,11-24H2,1-10H3. The smallest absolute Gasteiger partial charge is 0.415 e. The molecule has 34 heavy (non-hydrogen) atoms. The van der Waals surface area contributed by atoms with Crippen molar-refractivity contribution < 1.29 is 21.9 Å². The summed E-state index contributed by atoms with van der Waals surface area (Å²) in [5, 5.41) is 0. The van der Waals surface area contributed by atoms with Crippen molar-refractivity contribution in [1.82, 2.24) is 0 Å². The molecular weight excluding hydrogens is 496 g/mol. The maximum atomic E-state index is 13.1. The van der Waals surface area contributed by atoms with Gasteiger partial charge in [0.05, 0.1) is 6.61 Å². The maximum absolute atomic E-state index is 13.1. The Kier molecular flexibility index (Phi) is 17.6. The van der Waals surface area contributed by atoms with Crippen molar-refractivity contribution in [2.75, 3.05) is 6.61 Å². The summed E-state index contributed by atoms with van der Waals surface area (Å²) >= 11 is 0. The van der Waals surface area contributed by atoms with E-state index in [0.29, 0.717) is 12.7 Å². The van der Waals surface area contributed by atoms with Gasteiger partial charge in [0.2, 0.25) is 0 Å². The second kappa shape index (κ2) is 17.3. The summed E-state index contributed by atoms with van der Waals surface area (Å²) in [6.45, 7) is 21.7. The molecule has 0 aliphatic rings. The lowest BCUT2D eigenvalue weighted by Crippen LogP contribution is -2.32. The average molecular weight is 555 g/mol. The molecule has 0 rings (SSSR count). The molecule has 0 saturated carbocycles. The van der Waals surface area contributed by atoms with E-state index >= 15 is 0 Å². The molecular formula is C25H59O5PSi3. The molecule has 1 unspecified atom stereocenters. The fraction of sp³-hybridized carbons (Fsp3) is 1.00. The Morgan fingerprint density at radius 3 is 1.41 bits per heavy atom. The first kappa shape index (κ1) is 34.7. The third-order valence-electron chi connectivity index (χ3n) is 5.09. The van der Waals surface area contributed by atoms with Crippen LogP contribution in [0.5, 0.6) is 0 Å². The van der Waals surface area contributed by atoms with Crippen LogP contribution in [0.15, 0.2) is 0 Å². The molecule has 0 aromatic carbocycles. The second-order valence-electron chi connectivity index (χ2n) is 12.7. The largest absolute Gasteiger partial charge is 0.455 e. The first-order valence-corrected chi connectivity index (χ1v) is 25.6. The zero-order chi connectivity index (χ0) is 26.3. The number of hydrogen-bond acceptors (Lipinski definition) is 5. The predicted octanol–water partition coefficient (Wildman–Crippen LogP) is 10.1. The summed E-state index contributed by atoms with van der Waals surface area (Å²) in [4.78, 5) is 0. The minimum Gasteiger partial charge on any atom is -0.415 e. The van der Waals surface area contributed by atoms with Crippen molar-refractivity contribution in [3.05, 3.63) is 0 Å². The van der Waals surface area contributed by atoms with Crippen LogP contribution in [0.3, 0.4) is 0 Å². The number of phosphoric acid groups is 1. The van der Waals surface area contributed by atoms with Gasteiger partial charge in [-0.3, -0.25) is 4.52 Å². The van der Waals surface area contributed by atoms with E-state index in [-0.39, 0.29) is 0 Å². The Hall–Kier alpha value is 0.721. The monoisotopic (exact) mass is 554 g/mol. The fourth-order valence-corrected chi connectivity index (χ4v) is 11.7. The SMILES string of the molecule is CCCCC(CCCCCCCCCCCOP(=O)(O[Si](C)(C)C)O[Si](C)(C)C)O[Si](C)(C)C.